The van der Waals surface area contributed by atoms with Crippen LogP contribution in [0.1, 0.15) is 18.9 Å². The summed E-state index contributed by atoms with van der Waals surface area (Å²) in [6, 6.07) is 7.39. The summed E-state index contributed by atoms with van der Waals surface area (Å²) in [4.78, 5) is 28.0. The predicted octanol–water partition coefficient (Wildman–Crippen LogP) is 2.35. The fourth-order valence-corrected chi connectivity index (χ4v) is 3.49. The molecule has 1 saturated heterocycles. The van der Waals surface area contributed by atoms with Crippen molar-refractivity contribution in [2.75, 3.05) is 27.2 Å². The van der Waals surface area contributed by atoms with Crippen LogP contribution in [0, 0.1) is 0 Å². The molecule has 1 aromatic rings. The summed E-state index contributed by atoms with van der Waals surface area (Å²) in [5.74, 6) is 0.765. The summed E-state index contributed by atoms with van der Waals surface area (Å²) >= 11 is 5.90. The molecule has 2 amide bonds. The van der Waals surface area contributed by atoms with Gasteiger partial charge >= 0.3 is 0 Å². The number of hydrogen-bond acceptors (Lipinski definition) is 4. The highest BCUT2D eigenvalue weighted by atomic mass is 35.5. The van der Waals surface area contributed by atoms with Crippen LogP contribution in [-0.2, 0) is 20.9 Å². The second kappa shape index (κ2) is 8.80. The van der Waals surface area contributed by atoms with E-state index in [1.165, 1.54) is 0 Å². The maximum absolute atomic E-state index is 12.5. The number of rotatable bonds is 6. The highest BCUT2D eigenvalue weighted by Crippen LogP contribution is 2.25. The SMILES string of the molecule is CC1OC2=CC=C(CN(C)CC(=O)N(C)Cc3ccc(Cl)cc3)CC2NC1=O. The van der Waals surface area contributed by atoms with E-state index in [0.717, 1.165) is 16.9 Å². The minimum absolute atomic E-state index is 0.0493. The van der Waals surface area contributed by atoms with Gasteiger partial charge in [-0.15, -0.1) is 0 Å². The van der Waals surface area contributed by atoms with E-state index >= 15 is 0 Å². The molecule has 1 N–H and O–H groups in total. The quantitative estimate of drug-likeness (QED) is 0.792. The Morgan fingerprint density at radius 1 is 1.21 bits per heavy atom. The zero-order valence-electron chi connectivity index (χ0n) is 16.4. The molecule has 1 heterocycles. The summed E-state index contributed by atoms with van der Waals surface area (Å²) in [6.07, 6.45) is 4.19. The molecule has 28 heavy (non-hydrogen) atoms. The normalized spacial score (nSPS) is 21.2. The molecule has 2 unspecified atom stereocenters. The fraction of sp³-hybridized carbons (Fsp3) is 0.429. The molecule has 1 aliphatic heterocycles. The molecule has 0 aromatic heterocycles. The number of halogens is 1. The van der Waals surface area contributed by atoms with Crippen molar-refractivity contribution in [3.8, 4) is 0 Å². The van der Waals surface area contributed by atoms with Gasteiger partial charge in [0.05, 0.1) is 12.6 Å². The first-order valence-corrected chi connectivity index (χ1v) is 9.73. The van der Waals surface area contributed by atoms with Crippen LogP contribution in [0.15, 0.2) is 47.7 Å². The average molecular weight is 404 g/mol. The monoisotopic (exact) mass is 403 g/mol. The number of allylic oxidation sites excluding steroid dienone is 2. The number of likely N-dealkylation sites (N-methyl/N-ethyl adjacent to an activating group) is 2. The van der Waals surface area contributed by atoms with Crippen LogP contribution in [0.3, 0.4) is 0 Å². The van der Waals surface area contributed by atoms with E-state index < -0.39 is 6.10 Å². The Morgan fingerprint density at radius 3 is 2.64 bits per heavy atom. The highest BCUT2D eigenvalue weighted by Gasteiger charge is 2.32. The van der Waals surface area contributed by atoms with E-state index in [1.54, 1.807) is 18.9 Å². The number of nitrogens with one attached hydrogen (secondary N) is 1. The topological polar surface area (TPSA) is 61.9 Å². The Bertz CT molecular complexity index is 804. The average Bonchev–Trinajstić information content (AvgIpc) is 2.64. The number of hydrogen-bond donors (Lipinski definition) is 1. The number of benzene rings is 1. The molecule has 7 heteroatoms. The molecule has 0 bridgehead atoms. The Balaban J connectivity index is 1.51. The summed E-state index contributed by atoms with van der Waals surface area (Å²) in [7, 11) is 3.72. The van der Waals surface area contributed by atoms with Gasteiger partial charge < -0.3 is 15.0 Å². The lowest BCUT2D eigenvalue weighted by Crippen LogP contribution is -2.49. The Kier molecular flexibility index (Phi) is 6.42. The van der Waals surface area contributed by atoms with Gasteiger partial charge in [0.1, 0.15) is 5.76 Å². The van der Waals surface area contributed by atoms with Crippen LogP contribution in [-0.4, -0.2) is 60.9 Å². The molecule has 6 nitrogen and oxygen atoms in total. The van der Waals surface area contributed by atoms with Crippen molar-refractivity contribution < 1.29 is 14.3 Å². The molecule has 2 aliphatic rings. The molecule has 0 radical (unpaired) electrons. The summed E-state index contributed by atoms with van der Waals surface area (Å²) in [5, 5.41) is 3.67. The molecular weight excluding hydrogens is 378 g/mol. The largest absolute Gasteiger partial charge is 0.483 e. The van der Waals surface area contributed by atoms with Gasteiger partial charge in [-0.25, -0.2) is 0 Å². The van der Waals surface area contributed by atoms with Gasteiger partial charge in [-0.3, -0.25) is 14.5 Å². The Morgan fingerprint density at radius 2 is 1.93 bits per heavy atom. The number of ether oxygens (including phenoxy) is 1. The fourth-order valence-electron chi connectivity index (χ4n) is 3.36. The number of fused-ring (bicyclic) bond motifs is 1. The van der Waals surface area contributed by atoms with E-state index in [1.807, 2.05) is 48.4 Å². The van der Waals surface area contributed by atoms with E-state index in [-0.39, 0.29) is 17.9 Å². The van der Waals surface area contributed by atoms with Crippen LogP contribution in [0.4, 0.5) is 0 Å². The molecule has 3 rings (SSSR count). The summed E-state index contributed by atoms with van der Waals surface area (Å²) in [6.45, 7) is 3.27. The minimum Gasteiger partial charge on any atom is -0.483 e. The molecular formula is C21H26ClN3O3. The number of carbonyl (C=O) groups excluding carboxylic acids is 2. The molecule has 1 aromatic carbocycles. The predicted molar refractivity (Wildman–Crippen MR) is 109 cm³/mol. The zero-order chi connectivity index (χ0) is 20.3. The third-order valence-corrected chi connectivity index (χ3v) is 5.18. The van der Waals surface area contributed by atoms with Crippen molar-refractivity contribution in [1.82, 2.24) is 15.1 Å². The highest BCUT2D eigenvalue weighted by molar-refractivity contribution is 6.30. The second-order valence-corrected chi connectivity index (χ2v) is 7.90. The van der Waals surface area contributed by atoms with E-state index in [9.17, 15) is 9.59 Å². The Labute approximate surface area is 170 Å². The number of carbonyl (C=O) groups is 2. The van der Waals surface area contributed by atoms with Gasteiger partial charge in [0, 0.05) is 25.2 Å². The van der Waals surface area contributed by atoms with Crippen LogP contribution in [0.2, 0.25) is 5.02 Å². The first kappa shape index (κ1) is 20.4. The Hall–Kier alpha value is -2.31. The lowest BCUT2D eigenvalue weighted by Gasteiger charge is -2.34. The van der Waals surface area contributed by atoms with Crippen LogP contribution >= 0.6 is 11.6 Å². The van der Waals surface area contributed by atoms with E-state index in [0.29, 0.717) is 31.1 Å². The third kappa shape index (κ3) is 5.14. The maximum Gasteiger partial charge on any atom is 0.261 e. The number of morpholine rings is 1. The smallest absolute Gasteiger partial charge is 0.261 e. The molecule has 150 valence electrons. The van der Waals surface area contributed by atoms with E-state index in [4.69, 9.17) is 16.3 Å². The first-order valence-electron chi connectivity index (χ1n) is 9.35. The molecule has 0 spiro atoms. The molecule has 0 saturated carbocycles. The van der Waals surface area contributed by atoms with Gasteiger partial charge in [0.15, 0.2) is 6.10 Å². The van der Waals surface area contributed by atoms with Crippen molar-refractivity contribution in [2.45, 2.75) is 32.0 Å². The maximum atomic E-state index is 12.5. The van der Waals surface area contributed by atoms with Gasteiger partial charge in [-0.2, -0.15) is 0 Å². The van der Waals surface area contributed by atoms with Crippen molar-refractivity contribution in [1.29, 1.82) is 0 Å². The molecule has 1 aliphatic carbocycles. The summed E-state index contributed by atoms with van der Waals surface area (Å²) in [5.41, 5.74) is 2.20. The molecule has 1 fully saturated rings. The van der Waals surface area contributed by atoms with Crippen LogP contribution in [0.5, 0.6) is 0 Å². The van der Waals surface area contributed by atoms with Crippen LogP contribution < -0.4 is 5.32 Å². The second-order valence-electron chi connectivity index (χ2n) is 7.47. The molecule has 2 atom stereocenters. The van der Waals surface area contributed by atoms with Crippen molar-refractivity contribution in [3.05, 3.63) is 58.3 Å². The van der Waals surface area contributed by atoms with Gasteiger partial charge in [0.25, 0.3) is 5.91 Å². The van der Waals surface area contributed by atoms with Crippen LogP contribution in [0.25, 0.3) is 0 Å². The van der Waals surface area contributed by atoms with Crippen molar-refractivity contribution in [2.24, 2.45) is 0 Å². The first-order chi connectivity index (χ1) is 13.3. The van der Waals surface area contributed by atoms with Gasteiger partial charge in [-0.1, -0.05) is 35.4 Å². The van der Waals surface area contributed by atoms with Crippen molar-refractivity contribution in [3.63, 3.8) is 0 Å². The minimum atomic E-state index is -0.450. The van der Waals surface area contributed by atoms with Gasteiger partial charge in [0.2, 0.25) is 5.91 Å². The zero-order valence-corrected chi connectivity index (χ0v) is 17.2. The van der Waals surface area contributed by atoms with Crippen molar-refractivity contribution >= 4 is 23.4 Å². The summed E-state index contributed by atoms with van der Waals surface area (Å²) < 4.78 is 5.64. The standard InChI is InChI=1S/C21H26ClN3O3/c1-14-21(27)23-18-10-16(6-9-19(18)28-14)11-24(2)13-20(26)25(3)12-15-4-7-17(22)8-5-15/h4-9,14,18H,10-13H2,1-3H3,(H,23,27). The lowest BCUT2D eigenvalue weighted by atomic mass is 9.96. The third-order valence-electron chi connectivity index (χ3n) is 4.93. The number of amides is 2. The lowest BCUT2D eigenvalue weighted by molar-refractivity contribution is -0.134. The van der Waals surface area contributed by atoms with Gasteiger partial charge in [-0.05, 0) is 44.2 Å². The van der Waals surface area contributed by atoms with E-state index in [2.05, 4.69) is 5.32 Å². The number of nitrogens with zero attached hydrogens (tertiary/aromatic N) is 2.